The predicted molar refractivity (Wildman–Crippen MR) is 97.2 cm³/mol. The maximum atomic E-state index is 12.3. The van der Waals surface area contributed by atoms with Gasteiger partial charge in [0.15, 0.2) is 0 Å². The van der Waals surface area contributed by atoms with E-state index in [0.29, 0.717) is 22.3 Å². The van der Waals surface area contributed by atoms with Crippen molar-refractivity contribution in [1.29, 1.82) is 0 Å². The molecule has 0 aliphatic heterocycles. The zero-order valence-corrected chi connectivity index (χ0v) is 14.2. The molecule has 0 radical (unpaired) electrons. The van der Waals surface area contributed by atoms with Gasteiger partial charge < -0.3 is 9.52 Å². The fourth-order valence-corrected chi connectivity index (χ4v) is 2.95. The van der Waals surface area contributed by atoms with Gasteiger partial charge in [-0.15, -0.1) is 0 Å². The highest BCUT2D eigenvalue weighted by molar-refractivity contribution is 6.07. The summed E-state index contributed by atoms with van der Waals surface area (Å²) in [5.41, 5.74) is 4.25. The second-order valence-corrected chi connectivity index (χ2v) is 5.84. The maximum absolute atomic E-state index is 12.3. The number of aryl methyl sites for hydroxylation is 1. The summed E-state index contributed by atoms with van der Waals surface area (Å²) in [4.78, 5) is 16.5. The van der Waals surface area contributed by atoms with E-state index >= 15 is 0 Å². The Kier molecular flexibility index (Phi) is 3.97. The molecular formula is C20H19NO3. The maximum Gasteiger partial charge on any atom is 0.339 e. The lowest BCUT2D eigenvalue weighted by Gasteiger charge is -2.14. The summed E-state index contributed by atoms with van der Waals surface area (Å²) in [5.74, 6) is 0.0941. The van der Waals surface area contributed by atoms with Crippen molar-refractivity contribution >= 4 is 16.7 Å². The average Bonchev–Trinajstić information content (AvgIpc) is 2.60. The average molecular weight is 321 g/mol. The highest BCUT2D eigenvalue weighted by atomic mass is 16.4. The molecule has 0 fully saturated rings. The fraction of sp³-hybridized carbons (Fsp3) is 0.200. The summed E-state index contributed by atoms with van der Waals surface area (Å²) in [5, 5.41) is 11.3. The molecule has 1 heterocycles. The van der Waals surface area contributed by atoms with Crippen LogP contribution in [0.5, 0.6) is 5.75 Å². The molecule has 2 aromatic carbocycles. The van der Waals surface area contributed by atoms with E-state index in [0.717, 1.165) is 22.2 Å². The molecule has 122 valence electrons. The van der Waals surface area contributed by atoms with E-state index in [-0.39, 0.29) is 5.75 Å². The molecule has 0 amide bonds. The number of phenolic OH excluding ortho intramolecular Hbond substituents is 1. The number of hydrogen-bond donors (Lipinski definition) is 1. The zero-order chi connectivity index (χ0) is 17.4. The SMILES string of the molecule is CN=C(C)c1cc2c(-c3ccccc3)c(C)c(=O)oc2c(C)c1O. The van der Waals surface area contributed by atoms with Crippen molar-refractivity contribution < 1.29 is 9.52 Å². The fourth-order valence-electron chi connectivity index (χ4n) is 2.95. The molecule has 0 aliphatic carbocycles. The highest BCUT2D eigenvalue weighted by Crippen LogP contribution is 2.37. The lowest BCUT2D eigenvalue weighted by molar-refractivity contribution is 0.467. The number of aliphatic imine (C=N–C) groups is 1. The van der Waals surface area contributed by atoms with Crippen LogP contribution >= 0.6 is 0 Å². The molecule has 0 aliphatic rings. The van der Waals surface area contributed by atoms with Crippen LogP contribution in [0, 0.1) is 13.8 Å². The number of aromatic hydroxyl groups is 1. The Balaban J connectivity index is 2.53. The molecule has 0 atom stereocenters. The first-order valence-corrected chi connectivity index (χ1v) is 7.74. The molecule has 0 unspecified atom stereocenters. The van der Waals surface area contributed by atoms with Crippen molar-refractivity contribution in [2.24, 2.45) is 4.99 Å². The summed E-state index contributed by atoms with van der Waals surface area (Å²) in [7, 11) is 1.68. The minimum atomic E-state index is -0.391. The third-order valence-corrected chi connectivity index (χ3v) is 4.42. The Morgan fingerprint density at radius 1 is 1.12 bits per heavy atom. The van der Waals surface area contributed by atoms with Crippen molar-refractivity contribution in [2.75, 3.05) is 7.05 Å². The van der Waals surface area contributed by atoms with E-state index in [9.17, 15) is 9.90 Å². The second kappa shape index (κ2) is 5.96. The Bertz CT molecular complexity index is 1010. The molecule has 3 aromatic rings. The van der Waals surface area contributed by atoms with Gasteiger partial charge in [-0.1, -0.05) is 30.3 Å². The Morgan fingerprint density at radius 2 is 1.79 bits per heavy atom. The van der Waals surface area contributed by atoms with Gasteiger partial charge in [0.1, 0.15) is 11.3 Å². The molecule has 24 heavy (non-hydrogen) atoms. The zero-order valence-electron chi connectivity index (χ0n) is 14.2. The van der Waals surface area contributed by atoms with E-state index in [1.807, 2.05) is 43.3 Å². The molecule has 0 saturated carbocycles. The number of benzene rings is 2. The third kappa shape index (κ3) is 2.40. The van der Waals surface area contributed by atoms with Crippen molar-refractivity contribution in [3.05, 3.63) is 63.5 Å². The lowest BCUT2D eigenvalue weighted by atomic mass is 9.93. The molecule has 0 saturated heterocycles. The summed E-state index contributed by atoms with van der Waals surface area (Å²) in [6.45, 7) is 5.35. The van der Waals surface area contributed by atoms with Crippen molar-refractivity contribution in [1.82, 2.24) is 0 Å². The molecule has 3 rings (SSSR count). The van der Waals surface area contributed by atoms with Gasteiger partial charge in [-0.2, -0.15) is 0 Å². The quantitative estimate of drug-likeness (QED) is 0.568. The Morgan fingerprint density at radius 3 is 2.42 bits per heavy atom. The van der Waals surface area contributed by atoms with Gasteiger partial charge in [0.2, 0.25) is 0 Å². The van der Waals surface area contributed by atoms with Crippen LogP contribution in [0.15, 0.2) is 50.6 Å². The van der Waals surface area contributed by atoms with Gasteiger partial charge in [0.25, 0.3) is 0 Å². The van der Waals surface area contributed by atoms with Crippen LogP contribution in [0.1, 0.15) is 23.6 Å². The summed E-state index contributed by atoms with van der Waals surface area (Å²) < 4.78 is 5.48. The molecule has 4 heteroatoms. The van der Waals surface area contributed by atoms with Crippen LogP contribution in [-0.4, -0.2) is 17.9 Å². The molecule has 0 spiro atoms. The van der Waals surface area contributed by atoms with E-state index in [1.165, 1.54) is 0 Å². The highest BCUT2D eigenvalue weighted by Gasteiger charge is 2.19. The smallest absolute Gasteiger partial charge is 0.339 e. The summed E-state index contributed by atoms with van der Waals surface area (Å²) >= 11 is 0. The normalized spacial score (nSPS) is 11.9. The van der Waals surface area contributed by atoms with Gasteiger partial charge in [0, 0.05) is 40.4 Å². The first-order valence-electron chi connectivity index (χ1n) is 7.74. The first kappa shape index (κ1) is 16.0. The van der Waals surface area contributed by atoms with Gasteiger partial charge in [-0.3, -0.25) is 4.99 Å². The molecule has 1 aromatic heterocycles. The Hall–Kier alpha value is -2.88. The second-order valence-electron chi connectivity index (χ2n) is 5.84. The molecule has 0 bridgehead atoms. The largest absolute Gasteiger partial charge is 0.507 e. The van der Waals surface area contributed by atoms with Crippen LogP contribution in [0.4, 0.5) is 0 Å². The van der Waals surface area contributed by atoms with Crippen molar-refractivity contribution in [3.8, 4) is 16.9 Å². The monoisotopic (exact) mass is 321 g/mol. The van der Waals surface area contributed by atoms with Gasteiger partial charge in [-0.05, 0) is 32.4 Å². The predicted octanol–water partition coefficient (Wildman–Crippen LogP) is 4.22. The van der Waals surface area contributed by atoms with Crippen molar-refractivity contribution in [3.63, 3.8) is 0 Å². The van der Waals surface area contributed by atoms with E-state index in [4.69, 9.17) is 4.42 Å². The van der Waals surface area contributed by atoms with Crippen molar-refractivity contribution in [2.45, 2.75) is 20.8 Å². The lowest BCUT2D eigenvalue weighted by Crippen LogP contribution is -2.07. The standard InChI is InChI=1S/C20H19NO3/c1-11-17(14-8-6-5-7-9-14)16-10-15(13(3)21-4)18(22)12(2)19(16)24-20(11)23/h5-10,22H,1-4H3. The number of nitrogens with zero attached hydrogens (tertiary/aromatic N) is 1. The minimum Gasteiger partial charge on any atom is -0.507 e. The topological polar surface area (TPSA) is 62.8 Å². The molecule has 4 nitrogen and oxygen atoms in total. The van der Waals surface area contributed by atoms with E-state index < -0.39 is 5.63 Å². The minimum absolute atomic E-state index is 0.0941. The number of rotatable bonds is 2. The third-order valence-electron chi connectivity index (χ3n) is 4.42. The molecule has 1 N–H and O–H groups in total. The number of hydrogen-bond acceptors (Lipinski definition) is 4. The van der Waals surface area contributed by atoms with Crippen LogP contribution in [-0.2, 0) is 0 Å². The van der Waals surface area contributed by atoms with Crippen LogP contribution in [0.3, 0.4) is 0 Å². The number of fused-ring (bicyclic) bond motifs is 1. The van der Waals surface area contributed by atoms with E-state index in [2.05, 4.69) is 4.99 Å². The van der Waals surface area contributed by atoms with Crippen LogP contribution < -0.4 is 5.63 Å². The van der Waals surface area contributed by atoms with Crippen LogP contribution in [0.25, 0.3) is 22.1 Å². The van der Waals surface area contributed by atoms with Gasteiger partial charge in [0.05, 0.1) is 0 Å². The number of phenols is 1. The van der Waals surface area contributed by atoms with Crippen LogP contribution in [0.2, 0.25) is 0 Å². The summed E-state index contributed by atoms with van der Waals surface area (Å²) in [6, 6.07) is 11.6. The summed E-state index contributed by atoms with van der Waals surface area (Å²) in [6.07, 6.45) is 0. The molecular weight excluding hydrogens is 302 g/mol. The first-order chi connectivity index (χ1) is 11.5. The van der Waals surface area contributed by atoms with E-state index in [1.54, 1.807) is 20.9 Å². The van der Waals surface area contributed by atoms with Gasteiger partial charge >= 0.3 is 5.63 Å². The van der Waals surface area contributed by atoms with Gasteiger partial charge in [-0.25, -0.2) is 4.79 Å². The Labute approximate surface area is 140 Å².